The van der Waals surface area contributed by atoms with Crippen LogP contribution in [0, 0.1) is 0 Å². The summed E-state index contributed by atoms with van der Waals surface area (Å²) in [5.74, 6) is -0.228. The molecule has 1 atom stereocenters. The zero-order chi connectivity index (χ0) is 12.4. The molecule has 0 aliphatic heterocycles. The molecule has 5 nitrogen and oxygen atoms in total. The Morgan fingerprint density at radius 1 is 1.38 bits per heavy atom. The molecule has 16 heavy (non-hydrogen) atoms. The predicted octanol–water partition coefficient (Wildman–Crippen LogP) is 0.573. The van der Waals surface area contributed by atoms with E-state index in [0.717, 1.165) is 0 Å². The van der Waals surface area contributed by atoms with Crippen molar-refractivity contribution in [1.29, 1.82) is 0 Å². The molecule has 0 fully saturated rings. The van der Waals surface area contributed by atoms with Crippen LogP contribution in [0.3, 0.4) is 0 Å². The van der Waals surface area contributed by atoms with E-state index in [2.05, 4.69) is 5.32 Å². The minimum atomic E-state index is -0.215. The molecule has 0 spiro atoms. The summed E-state index contributed by atoms with van der Waals surface area (Å²) in [4.78, 5) is 22.2. The number of esters is 1. The van der Waals surface area contributed by atoms with Crippen molar-refractivity contribution in [1.82, 2.24) is 5.32 Å². The number of rotatable bonds is 8. The van der Waals surface area contributed by atoms with Crippen molar-refractivity contribution < 1.29 is 14.3 Å². The second kappa shape index (κ2) is 9.15. The second-order valence-corrected chi connectivity index (χ2v) is 3.77. The van der Waals surface area contributed by atoms with Crippen LogP contribution in [0.4, 0.5) is 0 Å². The number of ether oxygens (including phenoxy) is 1. The normalized spacial score (nSPS) is 11.9. The van der Waals surface area contributed by atoms with Gasteiger partial charge in [-0.1, -0.05) is 0 Å². The van der Waals surface area contributed by atoms with Gasteiger partial charge in [0.1, 0.15) is 0 Å². The van der Waals surface area contributed by atoms with Crippen molar-refractivity contribution in [2.75, 3.05) is 13.2 Å². The van der Waals surface area contributed by atoms with Crippen molar-refractivity contribution in [3.8, 4) is 0 Å². The van der Waals surface area contributed by atoms with Gasteiger partial charge in [0, 0.05) is 25.4 Å². The molecule has 0 radical (unpaired) electrons. The van der Waals surface area contributed by atoms with E-state index in [4.69, 9.17) is 10.5 Å². The highest BCUT2D eigenvalue weighted by molar-refractivity contribution is 5.76. The minimum Gasteiger partial charge on any atom is -0.466 e. The van der Waals surface area contributed by atoms with E-state index >= 15 is 0 Å². The SMILES string of the molecule is CCOC(=O)CCCNC(=O)CCC(C)N. The molecule has 0 aliphatic carbocycles. The largest absolute Gasteiger partial charge is 0.466 e. The van der Waals surface area contributed by atoms with E-state index < -0.39 is 0 Å². The minimum absolute atomic E-state index is 0.0128. The molecule has 0 saturated carbocycles. The number of nitrogens with two attached hydrogens (primary N) is 1. The van der Waals surface area contributed by atoms with E-state index in [-0.39, 0.29) is 17.9 Å². The Labute approximate surface area is 96.7 Å². The number of amides is 1. The Kier molecular flexibility index (Phi) is 8.52. The van der Waals surface area contributed by atoms with Gasteiger partial charge in [-0.2, -0.15) is 0 Å². The molecule has 1 unspecified atom stereocenters. The number of hydrogen-bond donors (Lipinski definition) is 2. The fourth-order valence-electron chi connectivity index (χ4n) is 1.14. The summed E-state index contributed by atoms with van der Waals surface area (Å²) in [6, 6.07) is 0.0466. The summed E-state index contributed by atoms with van der Waals surface area (Å²) in [5.41, 5.74) is 5.53. The molecule has 1 amide bonds. The van der Waals surface area contributed by atoms with Gasteiger partial charge < -0.3 is 15.8 Å². The van der Waals surface area contributed by atoms with E-state index in [1.54, 1.807) is 6.92 Å². The summed E-state index contributed by atoms with van der Waals surface area (Å²) in [6.45, 7) is 4.55. The van der Waals surface area contributed by atoms with Crippen LogP contribution in [-0.4, -0.2) is 31.1 Å². The van der Waals surface area contributed by atoms with Crippen molar-refractivity contribution in [3.05, 3.63) is 0 Å². The van der Waals surface area contributed by atoms with E-state index in [0.29, 0.717) is 38.8 Å². The molecule has 3 N–H and O–H groups in total. The fraction of sp³-hybridized carbons (Fsp3) is 0.818. The Morgan fingerprint density at radius 2 is 2.06 bits per heavy atom. The average molecular weight is 230 g/mol. The van der Waals surface area contributed by atoms with E-state index in [9.17, 15) is 9.59 Å². The highest BCUT2D eigenvalue weighted by Crippen LogP contribution is 1.94. The maximum atomic E-state index is 11.2. The van der Waals surface area contributed by atoms with Crippen LogP contribution in [-0.2, 0) is 14.3 Å². The lowest BCUT2D eigenvalue weighted by Crippen LogP contribution is -2.27. The van der Waals surface area contributed by atoms with Crippen LogP contribution in [0.1, 0.15) is 39.5 Å². The lowest BCUT2D eigenvalue weighted by atomic mass is 10.2. The van der Waals surface area contributed by atoms with Gasteiger partial charge in [-0.3, -0.25) is 9.59 Å². The number of hydrogen-bond acceptors (Lipinski definition) is 4. The molecule has 94 valence electrons. The first-order valence-corrected chi connectivity index (χ1v) is 5.74. The molecule has 0 saturated heterocycles. The Hall–Kier alpha value is -1.10. The van der Waals surface area contributed by atoms with Gasteiger partial charge in [-0.15, -0.1) is 0 Å². The van der Waals surface area contributed by atoms with Crippen LogP contribution in [0.5, 0.6) is 0 Å². The number of nitrogens with one attached hydrogen (secondary N) is 1. The topological polar surface area (TPSA) is 81.4 Å². The first-order chi connectivity index (χ1) is 7.56. The zero-order valence-corrected chi connectivity index (χ0v) is 10.1. The molecule has 0 aliphatic rings. The zero-order valence-electron chi connectivity index (χ0n) is 10.1. The molecule has 0 aromatic carbocycles. The van der Waals surface area contributed by atoms with Crippen molar-refractivity contribution in [2.45, 2.75) is 45.6 Å². The summed E-state index contributed by atoms with van der Waals surface area (Å²) in [5, 5.41) is 2.73. The average Bonchev–Trinajstić information content (AvgIpc) is 2.22. The van der Waals surface area contributed by atoms with Gasteiger partial charge in [-0.25, -0.2) is 0 Å². The number of carbonyl (C=O) groups is 2. The highest BCUT2D eigenvalue weighted by atomic mass is 16.5. The Morgan fingerprint density at radius 3 is 2.62 bits per heavy atom. The van der Waals surface area contributed by atoms with Gasteiger partial charge in [0.05, 0.1) is 6.61 Å². The molecular weight excluding hydrogens is 208 g/mol. The third-order valence-corrected chi connectivity index (χ3v) is 2.01. The molecule has 0 heterocycles. The quantitative estimate of drug-likeness (QED) is 0.472. The van der Waals surface area contributed by atoms with Crippen LogP contribution in [0.25, 0.3) is 0 Å². The maximum absolute atomic E-state index is 11.2. The van der Waals surface area contributed by atoms with Gasteiger partial charge in [0.25, 0.3) is 0 Å². The molecule has 0 aromatic rings. The van der Waals surface area contributed by atoms with Gasteiger partial charge in [0.2, 0.25) is 5.91 Å². The molecule has 0 rings (SSSR count). The van der Waals surface area contributed by atoms with Gasteiger partial charge >= 0.3 is 5.97 Å². The van der Waals surface area contributed by atoms with Crippen LogP contribution in [0.2, 0.25) is 0 Å². The van der Waals surface area contributed by atoms with Crippen LogP contribution >= 0.6 is 0 Å². The third kappa shape index (κ3) is 9.45. The Bertz CT molecular complexity index is 217. The summed E-state index contributed by atoms with van der Waals surface area (Å²) in [7, 11) is 0. The highest BCUT2D eigenvalue weighted by Gasteiger charge is 2.04. The molecule has 5 heteroatoms. The van der Waals surface area contributed by atoms with Crippen molar-refractivity contribution in [2.24, 2.45) is 5.73 Å². The number of carbonyl (C=O) groups excluding carboxylic acids is 2. The molecule has 0 aromatic heterocycles. The smallest absolute Gasteiger partial charge is 0.305 e. The summed E-state index contributed by atoms with van der Waals surface area (Å²) < 4.78 is 4.76. The lowest BCUT2D eigenvalue weighted by molar-refractivity contribution is -0.143. The maximum Gasteiger partial charge on any atom is 0.305 e. The molecule has 0 bridgehead atoms. The van der Waals surface area contributed by atoms with Crippen LogP contribution < -0.4 is 11.1 Å². The summed E-state index contributed by atoms with van der Waals surface area (Å²) in [6.07, 6.45) is 2.09. The van der Waals surface area contributed by atoms with Gasteiger partial charge in [-0.05, 0) is 26.7 Å². The monoisotopic (exact) mass is 230 g/mol. The first kappa shape index (κ1) is 14.9. The van der Waals surface area contributed by atoms with Crippen molar-refractivity contribution >= 4 is 11.9 Å². The summed E-state index contributed by atoms with van der Waals surface area (Å²) >= 11 is 0. The first-order valence-electron chi connectivity index (χ1n) is 5.74. The standard InChI is InChI=1S/C11H22N2O3/c1-3-16-11(15)5-4-8-13-10(14)7-6-9(2)12/h9H,3-8,12H2,1-2H3,(H,13,14). The fourth-order valence-corrected chi connectivity index (χ4v) is 1.14. The second-order valence-electron chi connectivity index (χ2n) is 3.77. The molecular formula is C11H22N2O3. The Balaban J connectivity index is 3.37. The lowest BCUT2D eigenvalue weighted by Gasteiger charge is -2.06. The van der Waals surface area contributed by atoms with Crippen molar-refractivity contribution in [3.63, 3.8) is 0 Å². The van der Waals surface area contributed by atoms with E-state index in [1.165, 1.54) is 0 Å². The van der Waals surface area contributed by atoms with Gasteiger partial charge in [0.15, 0.2) is 0 Å². The van der Waals surface area contributed by atoms with Crippen LogP contribution in [0.15, 0.2) is 0 Å². The van der Waals surface area contributed by atoms with E-state index in [1.807, 2.05) is 6.92 Å². The predicted molar refractivity (Wildman–Crippen MR) is 61.8 cm³/mol. The third-order valence-electron chi connectivity index (χ3n) is 2.01.